The summed E-state index contributed by atoms with van der Waals surface area (Å²) in [6.07, 6.45) is 3.33. The van der Waals surface area contributed by atoms with Gasteiger partial charge < -0.3 is 10.4 Å². The maximum atomic E-state index is 11.9. The van der Waals surface area contributed by atoms with Gasteiger partial charge in [0.25, 0.3) is 0 Å². The average Bonchev–Trinajstić information content (AvgIpc) is 2.86. The summed E-state index contributed by atoms with van der Waals surface area (Å²) in [5.74, 6) is -0.227. The molecule has 0 saturated heterocycles. The smallest absolute Gasteiger partial charge is 0.248 e. The summed E-state index contributed by atoms with van der Waals surface area (Å²) in [6, 6.07) is 5.82. The third-order valence-corrected chi connectivity index (χ3v) is 2.82. The van der Waals surface area contributed by atoms with Gasteiger partial charge in [0.2, 0.25) is 5.91 Å². The number of benzene rings is 1. The number of aromatic nitrogens is 2. The molecular formula is C12H12ClN3O2. The van der Waals surface area contributed by atoms with Gasteiger partial charge in [-0.1, -0.05) is 11.6 Å². The van der Waals surface area contributed by atoms with E-state index < -0.39 is 6.04 Å². The molecule has 2 N–H and O–H groups in total. The fourth-order valence-electron chi connectivity index (χ4n) is 1.46. The zero-order valence-corrected chi connectivity index (χ0v) is 10.4. The van der Waals surface area contributed by atoms with Crippen molar-refractivity contribution in [3.8, 4) is 5.75 Å². The van der Waals surface area contributed by atoms with Gasteiger partial charge >= 0.3 is 0 Å². The number of halogens is 1. The average molecular weight is 266 g/mol. The van der Waals surface area contributed by atoms with Crippen molar-refractivity contribution in [3.05, 3.63) is 41.7 Å². The molecule has 0 aliphatic rings. The highest BCUT2D eigenvalue weighted by molar-refractivity contribution is 6.32. The number of carbonyl (C=O) groups excluding carboxylic acids is 1. The Kier molecular flexibility index (Phi) is 3.53. The van der Waals surface area contributed by atoms with Crippen LogP contribution in [0.5, 0.6) is 5.75 Å². The van der Waals surface area contributed by atoms with Gasteiger partial charge in [0.1, 0.15) is 11.8 Å². The number of nitrogens with one attached hydrogen (secondary N) is 1. The molecule has 1 aromatic heterocycles. The first-order valence-electron chi connectivity index (χ1n) is 5.36. The van der Waals surface area contributed by atoms with E-state index >= 15 is 0 Å². The predicted molar refractivity (Wildman–Crippen MR) is 68.7 cm³/mol. The Labute approximate surface area is 109 Å². The molecule has 2 rings (SSSR count). The van der Waals surface area contributed by atoms with Crippen molar-refractivity contribution < 1.29 is 9.90 Å². The number of phenolic OH excluding ortho intramolecular Hbond substituents is 1. The van der Waals surface area contributed by atoms with Gasteiger partial charge in [0.15, 0.2) is 0 Å². The van der Waals surface area contributed by atoms with Crippen molar-refractivity contribution in [2.45, 2.75) is 13.0 Å². The van der Waals surface area contributed by atoms with E-state index in [9.17, 15) is 9.90 Å². The van der Waals surface area contributed by atoms with Gasteiger partial charge in [-0.3, -0.25) is 9.48 Å². The maximum Gasteiger partial charge on any atom is 0.248 e. The molecule has 6 heteroatoms. The lowest BCUT2D eigenvalue weighted by Gasteiger charge is -2.13. The number of phenols is 1. The predicted octanol–water partition coefficient (Wildman–Crippen LogP) is 2.44. The van der Waals surface area contributed by atoms with Gasteiger partial charge in [-0.15, -0.1) is 0 Å². The minimum Gasteiger partial charge on any atom is -0.506 e. The first kappa shape index (κ1) is 12.4. The minimum atomic E-state index is -0.424. The minimum absolute atomic E-state index is 0.0187. The summed E-state index contributed by atoms with van der Waals surface area (Å²) < 4.78 is 1.55. The number of rotatable bonds is 3. The SMILES string of the molecule is CC(C(=O)Nc1ccc(O)c(Cl)c1)n1cccn1. The molecular weight excluding hydrogens is 254 g/mol. The molecule has 0 radical (unpaired) electrons. The van der Waals surface area contributed by atoms with Gasteiger partial charge in [0, 0.05) is 18.1 Å². The van der Waals surface area contributed by atoms with Crippen LogP contribution >= 0.6 is 11.6 Å². The summed E-state index contributed by atoms with van der Waals surface area (Å²) in [7, 11) is 0. The lowest BCUT2D eigenvalue weighted by molar-refractivity contribution is -0.119. The van der Waals surface area contributed by atoms with E-state index in [0.717, 1.165) is 0 Å². The second-order valence-corrected chi connectivity index (χ2v) is 4.22. The van der Waals surface area contributed by atoms with E-state index in [1.807, 2.05) is 0 Å². The quantitative estimate of drug-likeness (QED) is 0.838. The summed E-state index contributed by atoms with van der Waals surface area (Å²) in [5, 5.41) is 16.2. The number of amides is 1. The molecule has 94 valence electrons. The van der Waals surface area contributed by atoms with Crippen molar-refractivity contribution in [2.75, 3.05) is 5.32 Å². The maximum absolute atomic E-state index is 11.9. The Morgan fingerprint density at radius 2 is 2.33 bits per heavy atom. The van der Waals surface area contributed by atoms with Gasteiger partial charge in [-0.2, -0.15) is 5.10 Å². The van der Waals surface area contributed by atoms with Crippen molar-refractivity contribution in [3.63, 3.8) is 0 Å². The molecule has 1 atom stereocenters. The molecule has 1 unspecified atom stereocenters. The van der Waals surface area contributed by atoms with Crippen molar-refractivity contribution in [2.24, 2.45) is 0 Å². The Morgan fingerprint density at radius 3 is 2.94 bits per heavy atom. The topological polar surface area (TPSA) is 67.2 Å². The second-order valence-electron chi connectivity index (χ2n) is 3.82. The number of anilines is 1. The first-order valence-corrected chi connectivity index (χ1v) is 5.74. The van der Waals surface area contributed by atoms with Gasteiger partial charge in [-0.05, 0) is 31.2 Å². The highest BCUT2D eigenvalue weighted by atomic mass is 35.5. The Morgan fingerprint density at radius 1 is 1.56 bits per heavy atom. The molecule has 18 heavy (non-hydrogen) atoms. The molecule has 0 fully saturated rings. The van der Waals surface area contributed by atoms with Crippen LogP contribution in [0.2, 0.25) is 5.02 Å². The lowest BCUT2D eigenvalue weighted by atomic mass is 10.2. The summed E-state index contributed by atoms with van der Waals surface area (Å²) in [5.41, 5.74) is 0.529. The number of aromatic hydroxyl groups is 1. The molecule has 0 aliphatic carbocycles. The first-order chi connectivity index (χ1) is 8.58. The van der Waals surface area contributed by atoms with Crippen molar-refractivity contribution in [1.82, 2.24) is 9.78 Å². The van der Waals surface area contributed by atoms with Crippen LogP contribution in [0, 0.1) is 0 Å². The molecule has 0 aliphatic heterocycles. The zero-order chi connectivity index (χ0) is 13.1. The summed E-state index contributed by atoms with van der Waals surface area (Å²) >= 11 is 5.76. The lowest BCUT2D eigenvalue weighted by Crippen LogP contribution is -2.23. The number of carbonyl (C=O) groups is 1. The van der Waals surface area contributed by atoms with Crippen LogP contribution in [-0.2, 0) is 4.79 Å². The highest BCUT2D eigenvalue weighted by Gasteiger charge is 2.15. The Bertz CT molecular complexity index is 554. The van der Waals surface area contributed by atoms with E-state index in [1.165, 1.54) is 12.1 Å². The molecule has 0 bridgehead atoms. The molecule has 5 nitrogen and oxygen atoms in total. The van der Waals surface area contributed by atoms with E-state index in [4.69, 9.17) is 11.6 Å². The Hall–Kier alpha value is -2.01. The largest absolute Gasteiger partial charge is 0.506 e. The van der Waals surface area contributed by atoms with Gasteiger partial charge in [0.05, 0.1) is 5.02 Å². The number of hydrogen-bond donors (Lipinski definition) is 2. The van der Waals surface area contributed by atoms with Crippen LogP contribution in [-0.4, -0.2) is 20.8 Å². The van der Waals surface area contributed by atoms with Crippen LogP contribution in [0.4, 0.5) is 5.69 Å². The zero-order valence-electron chi connectivity index (χ0n) is 9.67. The second kappa shape index (κ2) is 5.10. The van der Waals surface area contributed by atoms with Crippen LogP contribution in [0.15, 0.2) is 36.7 Å². The summed E-state index contributed by atoms with van der Waals surface area (Å²) in [4.78, 5) is 11.9. The molecule has 1 aromatic carbocycles. The van der Waals surface area contributed by atoms with Crippen LogP contribution in [0.1, 0.15) is 13.0 Å². The molecule has 0 saturated carbocycles. The van der Waals surface area contributed by atoms with E-state index in [1.54, 1.807) is 36.1 Å². The third-order valence-electron chi connectivity index (χ3n) is 2.52. The van der Waals surface area contributed by atoms with E-state index in [-0.39, 0.29) is 16.7 Å². The van der Waals surface area contributed by atoms with E-state index in [0.29, 0.717) is 5.69 Å². The molecule has 1 heterocycles. The molecule has 0 spiro atoms. The van der Waals surface area contributed by atoms with Crippen LogP contribution in [0.25, 0.3) is 0 Å². The Balaban J connectivity index is 2.09. The van der Waals surface area contributed by atoms with Crippen molar-refractivity contribution in [1.29, 1.82) is 0 Å². The van der Waals surface area contributed by atoms with Gasteiger partial charge in [-0.25, -0.2) is 0 Å². The molecule has 2 aromatic rings. The van der Waals surface area contributed by atoms with Crippen LogP contribution < -0.4 is 5.32 Å². The summed E-state index contributed by atoms with van der Waals surface area (Å²) in [6.45, 7) is 1.74. The fraction of sp³-hybridized carbons (Fsp3) is 0.167. The fourth-order valence-corrected chi connectivity index (χ4v) is 1.64. The van der Waals surface area contributed by atoms with Crippen LogP contribution in [0.3, 0.4) is 0 Å². The number of hydrogen-bond acceptors (Lipinski definition) is 3. The normalized spacial score (nSPS) is 12.1. The van der Waals surface area contributed by atoms with Crippen molar-refractivity contribution >= 4 is 23.2 Å². The van der Waals surface area contributed by atoms with E-state index in [2.05, 4.69) is 10.4 Å². The third kappa shape index (κ3) is 2.62. The standard InChI is InChI=1S/C12H12ClN3O2/c1-8(16-6-2-5-14-16)12(18)15-9-3-4-11(17)10(13)7-9/h2-8,17H,1H3,(H,15,18). The molecule has 1 amide bonds. The number of nitrogens with zero attached hydrogens (tertiary/aromatic N) is 2. The highest BCUT2D eigenvalue weighted by Crippen LogP contribution is 2.26. The monoisotopic (exact) mass is 265 g/mol.